The van der Waals surface area contributed by atoms with Gasteiger partial charge in [-0.1, -0.05) is 25.5 Å². The molecular weight excluding hydrogens is 208 g/mol. The van der Waals surface area contributed by atoms with Gasteiger partial charge in [0.2, 0.25) is 0 Å². The molecule has 0 fully saturated rings. The number of nitrogens with zero attached hydrogens (tertiary/aromatic N) is 2. The molecule has 1 aromatic heterocycles. The van der Waals surface area contributed by atoms with Gasteiger partial charge in [-0.25, -0.2) is 9.97 Å². The fraction of sp³-hybridized carbons (Fsp3) is 0.333. The lowest BCUT2D eigenvalue weighted by molar-refractivity contribution is 0.902. The van der Waals surface area contributed by atoms with E-state index in [1.165, 1.54) is 16.7 Å². The molecule has 0 unspecified atom stereocenters. The molecule has 2 aromatic rings. The van der Waals surface area contributed by atoms with Gasteiger partial charge in [0.05, 0.1) is 0 Å². The average Bonchev–Trinajstić information content (AvgIpc) is 2.34. The van der Waals surface area contributed by atoms with Crippen LogP contribution in [0.5, 0.6) is 0 Å². The van der Waals surface area contributed by atoms with Crippen LogP contribution in [0.25, 0.3) is 11.4 Å². The Morgan fingerprint density at radius 1 is 1.00 bits per heavy atom. The van der Waals surface area contributed by atoms with Crippen molar-refractivity contribution in [2.24, 2.45) is 0 Å². The summed E-state index contributed by atoms with van der Waals surface area (Å²) in [6, 6.07) is 6.34. The third-order valence-corrected chi connectivity index (χ3v) is 3.01. The first-order valence-corrected chi connectivity index (χ1v) is 6.09. The lowest BCUT2D eigenvalue weighted by Gasteiger charge is -2.05. The van der Waals surface area contributed by atoms with E-state index in [2.05, 4.69) is 48.9 Å². The smallest absolute Gasteiger partial charge is 0.159 e. The highest BCUT2D eigenvalue weighted by Crippen LogP contribution is 2.18. The van der Waals surface area contributed by atoms with Crippen LogP contribution in [0.3, 0.4) is 0 Å². The zero-order valence-corrected chi connectivity index (χ0v) is 10.7. The van der Waals surface area contributed by atoms with E-state index >= 15 is 0 Å². The number of aryl methyl sites for hydroxylation is 3. The van der Waals surface area contributed by atoms with Crippen LogP contribution in [-0.4, -0.2) is 9.97 Å². The van der Waals surface area contributed by atoms with E-state index in [1.54, 1.807) is 0 Å². The van der Waals surface area contributed by atoms with Crippen LogP contribution in [0.4, 0.5) is 0 Å². The molecule has 2 nitrogen and oxygen atoms in total. The van der Waals surface area contributed by atoms with Gasteiger partial charge in [-0.15, -0.1) is 0 Å². The van der Waals surface area contributed by atoms with E-state index in [0.29, 0.717) is 0 Å². The lowest BCUT2D eigenvalue weighted by atomic mass is 10.1. The molecule has 0 aliphatic carbocycles. The van der Waals surface area contributed by atoms with Crippen LogP contribution in [-0.2, 0) is 6.42 Å². The van der Waals surface area contributed by atoms with Gasteiger partial charge in [-0.3, -0.25) is 0 Å². The molecule has 0 amide bonds. The van der Waals surface area contributed by atoms with Crippen LogP contribution >= 0.6 is 0 Å². The second kappa shape index (κ2) is 5.09. The van der Waals surface area contributed by atoms with Crippen LogP contribution in [0.15, 0.2) is 30.6 Å². The number of hydrogen-bond acceptors (Lipinski definition) is 2. The molecule has 88 valence electrons. The third-order valence-electron chi connectivity index (χ3n) is 3.01. The predicted molar refractivity (Wildman–Crippen MR) is 70.9 cm³/mol. The van der Waals surface area contributed by atoms with Crippen LogP contribution < -0.4 is 0 Å². The first-order valence-electron chi connectivity index (χ1n) is 6.09. The Hall–Kier alpha value is -1.70. The number of hydrogen-bond donors (Lipinski definition) is 0. The Morgan fingerprint density at radius 3 is 2.29 bits per heavy atom. The van der Waals surface area contributed by atoms with Crippen LogP contribution in [0.2, 0.25) is 0 Å². The van der Waals surface area contributed by atoms with Gasteiger partial charge >= 0.3 is 0 Å². The van der Waals surface area contributed by atoms with Gasteiger partial charge in [-0.05, 0) is 43.0 Å². The Morgan fingerprint density at radius 2 is 1.71 bits per heavy atom. The van der Waals surface area contributed by atoms with Gasteiger partial charge in [0.15, 0.2) is 5.82 Å². The molecule has 0 saturated carbocycles. The highest BCUT2D eigenvalue weighted by molar-refractivity contribution is 5.56. The zero-order chi connectivity index (χ0) is 12.3. The van der Waals surface area contributed by atoms with Gasteiger partial charge in [0.1, 0.15) is 0 Å². The minimum atomic E-state index is 0.813. The first-order chi connectivity index (χ1) is 8.20. The van der Waals surface area contributed by atoms with Gasteiger partial charge < -0.3 is 0 Å². The standard InChI is InChI=1S/C15H18N2/c1-4-5-13-9-16-15(17-10-13)14-7-6-11(2)12(3)8-14/h6-10H,4-5H2,1-3H3. The second-order valence-electron chi connectivity index (χ2n) is 4.46. The minimum Gasteiger partial charge on any atom is -0.236 e. The molecule has 0 saturated heterocycles. The molecule has 0 aliphatic heterocycles. The van der Waals surface area contributed by atoms with E-state index in [0.717, 1.165) is 24.2 Å². The van der Waals surface area contributed by atoms with Crippen molar-refractivity contribution in [2.45, 2.75) is 33.6 Å². The molecule has 1 aromatic carbocycles. The third kappa shape index (κ3) is 2.70. The fourth-order valence-electron chi connectivity index (χ4n) is 1.80. The molecule has 0 atom stereocenters. The highest BCUT2D eigenvalue weighted by atomic mass is 14.9. The van der Waals surface area contributed by atoms with E-state index < -0.39 is 0 Å². The van der Waals surface area contributed by atoms with Crippen molar-refractivity contribution >= 4 is 0 Å². The fourth-order valence-corrected chi connectivity index (χ4v) is 1.80. The maximum atomic E-state index is 4.43. The van der Waals surface area contributed by atoms with Crippen LogP contribution in [0, 0.1) is 13.8 Å². The van der Waals surface area contributed by atoms with Gasteiger partial charge in [-0.2, -0.15) is 0 Å². The molecular formula is C15H18N2. The summed E-state index contributed by atoms with van der Waals surface area (Å²) in [4.78, 5) is 8.85. The second-order valence-corrected chi connectivity index (χ2v) is 4.46. The Balaban J connectivity index is 2.30. The lowest BCUT2D eigenvalue weighted by Crippen LogP contribution is -1.93. The topological polar surface area (TPSA) is 25.8 Å². The summed E-state index contributed by atoms with van der Waals surface area (Å²) < 4.78 is 0. The molecule has 0 N–H and O–H groups in total. The largest absolute Gasteiger partial charge is 0.236 e. The Bertz CT molecular complexity index is 501. The molecule has 0 bridgehead atoms. The maximum Gasteiger partial charge on any atom is 0.159 e. The summed E-state index contributed by atoms with van der Waals surface area (Å²) >= 11 is 0. The summed E-state index contributed by atoms with van der Waals surface area (Å²) in [7, 11) is 0. The van der Waals surface area contributed by atoms with Gasteiger partial charge in [0.25, 0.3) is 0 Å². The van der Waals surface area contributed by atoms with Crippen molar-refractivity contribution in [3.8, 4) is 11.4 Å². The van der Waals surface area contributed by atoms with Crippen molar-refractivity contribution in [3.05, 3.63) is 47.3 Å². The minimum absolute atomic E-state index is 0.813. The summed E-state index contributed by atoms with van der Waals surface area (Å²) in [6.45, 7) is 6.39. The van der Waals surface area contributed by atoms with Crippen molar-refractivity contribution in [3.63, 3.8) is 0 Å². The summed E-state index contributed by atoms with van der Waals surface area (Å²) in [5.74, 6) is 0.813. The molecule has 1 heterocycles. The monoisotopic (exact) mass is 226 g/mol. The number of benzene rings is 1. The van der Waals surface area contributed by atoms with Crippen molar-refractivity contribution in [1.29, 1.82) is 0 Å². The average molecular weight is 226 g/mol. The summed E-state index contributed by atoms with van der Waals surface area (Å²) in [5, 5.41) is 0. The van der Waals surface area contributed by atoms with E-state index in [9.17, 15) is 0 Å². The van der Waals surface area contributed by atoms with E-state index in [4.69, 9.17) is 0 Å². The van der Waals surface area contributed by atoms with Crippen molar-refractivity contribution in [1.82, 2.24) is 9.97 Å². The maximum absolute atomic E-state index is 4.43. The Kier molecular flexibility index (Phi) is 3.52. The van der Waals surface area contributed by atoms with Gasteiger partial charge in [0, 0.05) is 18.0 Å². The molecule has 17 heavy (non-hydrogen) atoms. The molecule has 0 aliphatic rings. The molecule has 0 spiro atoms. The van der Waals surface area contributed by atoms with Crippen molar-refractivity contribution < 1.29 is 0 Å². The first kappa shape index (κ1) is 11.8. The van der Waals surface area contributed by atoms with Crippen LogP contribution in [0.1, 0.15) is 30.0 Å². The quantitative estimate of drug-likeness (QED) is 0.797. The molecule has 2 rings (SSSR count). The summed E-state index contributed by atoms with van der Waals surface area (Å²) in [5.41, 5.74) is 4.89. The zero-order valence-electron chi connectivity index (χ0n) is 10.7. The normalized spacial score (nSPS) is 10.5. The molecule has 0 radical (unpaired) electrons. The van der Waals surface area contributed by atoms with E-state index in [1.807, 2.05) is 12.4 Å². The number of rotatable bonds is 3. The highest BCUT2D eigenvalue weighted by Gasteiger charge is 2.02. The van der Waals surface area contributed by atoms with E-state index in [-0.39, 0.29) is 0 Å². The molecule has 2 heteroatoms. The number of aromatic nitrogens is 2. The van der Waals surface area contributed by atoms with Crippen molar-refractivity contribution in [2.75, 3.05) is 0 Å². The Labute approximate surface area is 103 Å². The summed E-state index contributed by atoms with van der Waals surface area (Å²) in [6.07, 6.45) is 6.04. The predicted octanol–water partition coefficient (Wildman–Crippen LogP) is 3.71. The SMILES string of the molecule is CCCc1cnc(-c2ccc(C)c(C)c2)nc1.